The highest BCUT2D eigenvalue weighted by molar-refractivity contribution is 6.30. The number of carbonyl (C=O) groups is 1. The van der Waals surface area contributed by atoms with E-state index in [1.54, 1.807) is 48.5 Å². The van der Waals surface area contributed by atoms with Crippen LogP contribution in [0.15, 0.2) is 53.7 Å². The highest BCUT2D eigenvalue weighted by Gasteiger charge is 2.08. The van der Waals surface area contributed by atoms with Gasteiger partial charge in [-0.05, 0) is 54.1 Å². The molecule has 2 rings (SSSR count). The van der Waals surface area contributed by atoms with Gasteiger partial charge in [0, 0.05) is 5.02 Å². The highest BCUT2D eigenvalue weighted by atomic mass is 35.5. The summed E-state index contributed by atoms with van der Waals surface area (Å²) in [5.41, 5.74) is 1.12. The predicted molar refractivity (Wildman–Crippen MR) is 72.2 cm³/mol. The van der Waals surface area contributed by atoms with Crippen LogP contribution in [0.3, 0.4) is 0 Å². The number of carbonyl (C=O) groups excluding carboxylic acids is 1. The van der Waals surface area contributed by atoms with Gasteiger partial charge in [0.15, 0.2) is 0 Å². The first-order valence-electron chi connectivity index (χ1n) is 5.44. The second kappa shape index (κ2) is 6.02. The minimum absolute atomic E-state index is 0.412. The summed E-state index contributed by atoms with van der Waals surface area (Å²) in [5, 5.41) is 11.8. The van der Waals surface area contributed by atoms with Gasteiger partial charge in [-0.2, -0.15) is 0 Å². The maximum Gasteiger partial charge on any atom is 0.343 e. The molecular formula is C14H10ClNO3. The zero-order valence-electron chi connectivity index (χ0n) is 9.79. The number of halogens is 1. The maximum absolute atomic E-state index is 11.8. The largest absolute Gasteiger partial charge is 0.423 e. The number of esters is 1. The number of ether oxygens (including phenoxy) is 1. The summed E-state index contributed by atoms with van der Waals surface area (Å²) in [6.07, 6.45) is 1.28. The van der Waals surface area contributed by atoms with Crippen molar-refractivity contribution >= 4 is 23.8 Å². The Balaban J connectivity index is 2.08. The van der Waals surface area contributed by atoms with Gasteiger partial charge in [0.2, 0.25) is 0 Å². The summed E-state index contributed by atoms with van der Waals surface area (Å²) in [7, 11) is 0. The van der Waals surface area contributed by atoms with Gasteiger partial charge >= 0.3 is 5.97 Å². The van der Waals surface area contributed by atoms with E-state index in [-0.39, 0.29) is 0 Å². The van der Waals surface area contributed by atoms with Crippen molar-refractivity contribution in [3.8, 4) is 5.75 Å². The summed E-state index contributed by atoms with van der Waals surface area (Å²) >= 11 is 5.74. The SMILES string of the molecule is O=C(Oc1ccc(/C=N\O)cc1)c1ccc(Cl)cc1. The average molecular weight is 276 g/mol. The van der Waals surface area contributed by atoms with Crippen LogP contribution in [0.25, 0.3) is 0 Å². The third kappa shape index (κ3) is 3.56. The lowest BCUT2D eigenvalue weighted by molar-refractivity contribution is 0.0735. The zero-order chi connectivity index (χ0) is 13.7. The Hall–Kier alpha value is -2.33. The molecule has 0 fully saturated rings. The van der Waals surface area contributed by atoms with Gasteiger partial charge in [-0.15, -0.1) is 0 Å². The Bertz CT molecular complexity index is 591. The third-order valence-electron chi connectivity index (χ3n) is 2.38. The molecule has 0 aliphatic rings. The molecule has 0 unspecified atom stereocenters. The fraction of sp³-hybridized carbons (Fsp3) is 0. The monoisotopic (exact) mass is 275 g/mol. The number of oxime groups is 1. The van der Waals surface area contributed by atoms with E-state index in [1.807, 2.05) is 0 Å². The molecule has 19 heavy (non-hydrogen) atoms. The van der Waals surface area contributed by atoms with Crippen LogP contribution in [0.1, 0.15) is 15.9 Å². The Morgan fingerprint density at radius 1 is 1.11 bits per heavy atom. The van der Waals surface area contributed by atoms with E-state index in [1.165, 1.54) is 6.21 Å². The average Bonchev–Trinajstić information content (AvgIpc) is 2.42. The summed E-state index contributed by atoms with van der Waals surface area (Å²) in [4.78, 5) is 11.8. The summed E-state index contributed by atoms with van der Waals surface area (Å²) < 4.78 is 5.18. The lowest BCUT2D eigenvalue weighted by Gasteiger charge is -2.04. The van der Waals surface area contributed by atoms with Crippen molar-refractivity contribution < 1.29 is 14.7 Å². The lowest BCUT2D eigenvalue weighted by atomic mass is 10.2. The van der Waals surface area contributed by atoms with Crippen molar-refractivity contribution in [2.75, 3.05) is 0 Å². The van der Waals surface area contributed by atoms with Crippen molar-refractivity contribution in [3.05, 3.63) is 64.7 Å². The van der Waals surface area contributed by atoms with Crippen LogP contribution in [0.2, 0.25) is 5.02 Å². The molecule has 0 radical (unpaired) electrons. The van der Waals surface area contributed by atoms with Crippen LogP contribution >= 0.6 is 11.6 Å². The summed E-state index contributed by atoms with van der Waals surface area (Å²) in [5.74, 6) is -0.0460. The molecule has 0 aliphatic heterocycles. The molecule has 0 amide bonds. The quantitative estimate of drug-likeness (QED) is 0.307. The van der Waals surface area contributed by atoms with Crippen molar-refractivity contribution in [1.29, 1.82) is 0 Å². The predicted octanol–water partition coefficient (Wildman–Crippen LogP) is 3.37. The number of benzene rings is 2. The molecule has 0 saturated heterocycles. The van der Waals surface area contributed by atoms with Gasteiger partial charge in [0.05, 0.1) is 11.8 Å². The molecule has 1 N–H and O–H groups in total. The fourth-order valence-electron chi connectivity index (χ4n) is 1.44. The summed E-state index contributed by atoms with van der Waals surface area (Å²) in [6, 6.07) is 13.0. The Morgan fingerprint density at radius 3 is 2.32 bits per heavy atom. The van der Waals surface area contributed by atoms with E-state index in [0.29, 0.717) is 21.9 Å². The van der Waals surface area contributed by atoms with Crippen LogP contribution in [0.5, 0.6) is 5.75 Å². The molecule has 2 aromatic rings. The zero-order valence-corrected chi connectivity index (χ0v) is 10.5. The number of rotatable bonds is 3. The number of hydrogen-bond donors (Lipinski definition) is 1. The van der Waals surface area contributed by atoms with E-state index in [0.717, 1.165) is 0 Å². The van der Waals surface area contributed by atoms with Gasteiger partial charge in [-0.1, -0.05) is 16.8 Å². The van der Waals surface area contributed by atoms with Crippen molar-refractivity contribution in [2.45, 2.75) is 0 Å². The minimum atomic E-state index is -0.458. The minimum Gasteiger partial charge on any atom is -0.423 e. The van der Waals surface area contributed by atoms with Gasteiger partial charge in [0.25, 0.3) is 0 Å². The number of nitrogens with zero attached hydrogens (tertiary/aromatic N) is 1. The molecule has 0 atom stereocenters. The first-order valence-corrected chi connectivity index (χ1v) is 5.82. The molecule has 5 heteroatoms. The topological polar surface area (TPSA) is 58.9 Å². The Labute approximate surface area is 114 Å². The second-order valence-corrected chi connectivity index (χ2v) is 4.15. The maximum atomic E-state index is 11.8. The highest BCUT2D eigenvalue weighted by Crippen LogP contribution is 2.15. The van der Waals surface area contributed by atoms with Gasteiger partial charge in [-0.3, -0.25) is 0 Å². The Kier molecular flexibility index (Phi) is 4.15. The fourth-order valence-corrected chi connectivity index (χ4v) is 1.57. The molecule has 0 aromatic heterocycles. The molecule has 0 heterocycles. The van der Waals surface area contributed by atoms with E-state index in [4.69, 9.17) is 21.5 Å². The molecule has 4 nitrogen and oxygen atoms in total. The van der Waals surface area contributed by atoms with E-state index in [2.05, 4.69) is 5.16 Å². The van der Waals surface area contributed by atoms with Crippen molar-refractivity contribution in [2.24, 2.45) is 5.16 Å². The molecule has 0 saturated carbocycles. The third-order valence-corrected chi connectivity index (χ3v) is 2.63. The smallest absolute Gasteiger partial charge is 0.343 e. The van der Waals surface area contributed by atoms with Crippen LogP contribution < -0.4 is 4.74 Å². The standard InChI is InChI=1S/C14H10ClNO3/c15-12-5-3-11(4-6-12)14(17)19-13-7-1-10(2-8-13)9-16-18/h1-9,18H/b16-9-. The van der Waals surface area contributed by atoms with Crippen LogP contribution in [-0.4, -0.2) is 17.4 Å². The van der Waals surface area contributed by atoms with Crippen molar-refractivity contribution in [3.63, 3.8) is 0 Å². The molecule has 0 spiro atoms. The van der Waals surface area contributed by atoms with E-state index >= 15 is 0 Å². The first kappa shape index (κ1) is 13.1. The Morgan fingerprint density at radius 2 is 1.74 bits per heavy atom. The van der Waals surface area contributed by atoms with Gasteiger partial charge in [-0.25, -0.2) is 4.79 Å². The number of hydrogen-bond acceptors (Lipinski definition) is 4. The molecule has 0 aliphatic carbocycles. The second-order valence-electron chi connectivity index (χ2n) is 3.71. The lowest BCUT2D eigenvalue weighted by Crippen LogP contribution is -2.08. The van der Waals surface area contributed by atoms with Crippen LogP contribution in [0.4, 0.5) is 0 Å². The first-order chi connectivity index (χ1) is 9.19. The molecule has 0 bridgehead atoms. The summed E-state index contributed by atoms with van der Waals surface area (Å²) in [6.45, 7) is 0. The van der Waals surface area contributed by atoms with E-state index in [9.17, 15) is 4.79 Å². The van der Waals surface area contributed by atoms with E-state index < -0.39 is 5.97 Å². The van der Waals surface area contributed by atoms with Crippen LogP contribution in [0, 0.1) is 0 Å². The normalized spacial score (nSPS) is 10.6. The molecular weight excluding hydrogens is 266 g/mol. The molecule has 96 valence electrons. The van der Waals surface area contributed by atoms with Gasteiger partial charge < -0.3 is 9.94 Å². The van der Waals surface area contributed by atoms with Crippen molar-refractivity contribution in [1.82, 2.24) is 0 Å². The van der Waals surface area contributed by atoms with Crippen LogP contribution in [-0.2, 0) is 0 Å². The van der Waals surface area contributed by atoms with Gasteiger partial charge in [0.1, 0.15) is 5.75 Å². The molecule has 2 aromatic carbocycles.